The lowest BCUT2D eigenvalue weighted by atomic mass is 9.96. The molecule has 0 aromatic heterocycles. The maximum absolute atomic E-state index is 12.8. The third-order valence-electron chi connectivity index (χ3n) is 4.43. The van der Waals surface area contributed by atoms with Crippen molar-refractivity contribution in [1.29, 1.82) is 0 Å². The van der Waals surface area contributed by atoms with E-state index in [1.54, 1.807) is 25.0 Å². The van der Waals surface area contributed by atoms with Crippen molar-refractivity contribution in [3.63, 3.8) is 0 Å². The van der Waals surface area contributed by atoms with Crippen LogP contribution in [-0.4, -0.2) is 43.6 Å². The minimum atomic E-state index is -0.217. The fourth-order valence-corrected chi connectivity index (χ4v) is 3.12. The molecule has 0 radical (unpaired) electrons. The van der Waals surface area contributed by atoms with Crippen LogP contribution < -0.4 is 4.74 Å². The molecule has 1 aliphatic rings. The average molecular weight is 333 g/mol. The number of ether oxygens (including phenoxy) is 2. The zero-order valence-electron chi connectivity index (χ0n) is 15.0. The molecule has 0 N–H and O–H groups in total. The number of likely N-dealkylation sites (tertiary alicyclic amines) is 1. The van der Waals surface area contributed by atoms with Crippen LogP contribution in [0.1, 0.15) is 55.5 Å². The second-order valence-corrected chi connectivity index (χ2v) is 6.45. The summed E-state index contributed by atoms with van der Waals surface area (Å²) in [5.41, 5.74) is 1.66. The van der Waals surface area contributed by atoms with Gasteiger partial charge < -0.3 is 14.4 Å². The first-order valence-electron chi connectivity index (χ1n) is 8.61. The van der Waals surface area contributed by atoms with Crippen molar-refractivity contribution in [1.82, 2.24) is 4.90 Å². The van der Waals surface area contributed by atoms with Gasteiger partial charge in [-0.3, -0.25) is 9.59 Å². The Kier molecular flexibility index (Phi) is 6.23. The lowest BCUT2D eigenvalue weighted by molar-refractivity contribution is -0.149. The molecule has 1 aliphatic heterocycles. The molecule has 24 heavy (non-hydrogen) atoms. The van der Waals surface area contributed by atoms with Gasteiger partial charge in [-0.2, -0.15) is 0 Å². The van der Waals surface area contributed by atoms with Gasteiger partial charge in [-0.1, -0.05) is 13.8 Å². The first-order chi connectivity index (χ1) is 11.5. The average Bonchev–Trinajstić information content (AvgIpc) is 2.60. The number of carbonyl (C=O) groups excluding carboxylic acids is 2. The van der Waals surface area contributed by atoms with Crippen molar-refractivity contribution < 1.29 is 19.1 Å². The standard InChI is InChI=1S/C19H27NO4/c1-5-24-19(22)15-7-6-10-20(12-15)18(21)14-8-9-17(23-4)16(11-14)13(2)3/h8-9,11,13,15H,5-7,10,12H2,1-4H3. The number of carbonyl (C=O) groups is 2. The van der Waals surface area contributed by atoms with Gasteiger partial charge in [0.25, 0.3) is 5.91 Å². The molecule has 1 aromatic rings. The Labute approximate surface area is 143 Å². The fourth-order valence-electron chi connectivity index (χ4n) is 3.12. The minimum Gasteiger partial charge on any atom is -0.496 e. The molecule has 1 aromatic carbocycles. The Bertz CT molecular complexity index is 597. The number of nitrogens with zero attached hydrogens (tertiary/aromatic N) is 1. The largest absolute Gasteiger partial charge is 0.496 e. The molecule has 0 saturated carbocycles. The zero-order valence-corrected chi connectivity index (χ0v) is 15.0. The number of hydrogen-bond donors (Lipinski definition) is 0. The molecule has 0 bridgehead atoms. The van der Waals surface area contributed by atoms with Crippen LogP contribution in [0.5, 0.6) is 5.75 Å². The Morgan fingerprint density at radius 3 is 2.71 bits per heavy atom. The fraction of sp³-hybridized carbons (Fsp3) is 0.579. The highest BCUT2D eigenvalue weighted by atomic mass is 16.5. The maximum Gasteiger partial charge on any atom is 0.310 e. The zero-order chi connectivity index (χ0) is 17.7. The summed E-state index contributed by atoms with van der Waals surface area (Å²) in [5, 5.41) is 0. The SMILES string of the molecule is CCOC(=O)C1CCCN(C(=O)c2ccc(OC)c(C(C)C)c2)C1. The van der Waals surface area contributed by atoms with Crippen LogP contribution in [-0.2, 0) is 9.53 Å². The molecule has 132 valence electrons. The van der Waals surface area contributed by atoms with Crippen molar-refractivity contribution in [3.8, 4) is 5.75 Å². The van der Waals surface area contributed by atoms with Crippen molar-refractivity contribution in [2.75, 3.05) is 26.8 Å². The van der Waals surface area contributed by atoms with Crippen molar-refractivity contribution in [2.45, 2.75) is 39.5 Å². The van der Waals surface area contributed by atoms with Crippen LogP contribution in [0.25, 0.3) is 0 Å². The molecule has 1 atom stereocenters. The molecule has 1 amide bonds. The van der Waals surface area contributed by atoms with Gasteiger partial charge >= 0.3 is 5.97 Å². The van der Waals surface area contributed by atoms with E-state index in [1.165, 1.54) is 0 Å². The second kappa shape index (κ2) is 8.18. The number of amides is 1. The summed E-state index contributed by atoms with van der Waals surface area (Å²) in [6.07, 6.45) is 1.60. The Morgan fingerprint density at radius 2 is 2.08 bits per heavy atom. The highest BCUT2D eigenvalue weighted by Gasteiger charge is 2.30. The molecule has 0 aliphatic carbocycles. The van der Waals surface area contributed by atoms with Crippen LogP contribution in [0, 0.1) is 5.92 Å². The normalized spacial score (nSPS) is 17.7. The summed E-state index contributed by atoms with van der Waals surface area (Å²) < 4.78 is 10.5. The minimum absolute atomic E-state index is 0.0337. The second-order valence-electron chi connectivity index (χ2n) is 6.45. The van der Waals surface area contributed by atoms with Crippen molar-refractivity contribution in [2.24, 2.45) is 5.92 Å². The summed E-state index contributed by atoms with van der Waals surface area (Å²) in [6, 6.07) is 5.54. The lowest BCUT2D eigenvalue weighted by Crippen LogP contribution is -2.42. The van der Waals surface area contributed by atoms with E-state index in [0.29, 0.717) is 25.3 Å². The monoisotopic (exact) mass is 333 g/mol. The number of rotatable bonds is 5. The highest BCUT2D eigenvalue weighted by Crippen LogP contribution is 2.28. The summed E-state index contributed by atoms with van der Waals surface area (Å²) >= 11 is 0. The van der Waals surface area contributed by atoms with E-state index in [-0.39, 0.29) is 23.7 Å². The van der Waals surface area contributed by atoms with Crippen LogP contribution in [0.2, 0.25) is 0 Å². The van der Waals surface area contributed by atoms with Gasteiger partial charge in [0, 0.05) is 18.7 Å². The van der Waals surface area contributed by atoms with E-state index in [2.05, 4.69) is 13.8 Å². The van der Waals surface area contributed by atoms with Crippen LogP contribution in [0.4, 0.5) is 0 Å². The molecule has 5 nitrogen and oxygen atoms in total. The molecular weight excluding hydrogens is 306 g/mol. The van der Waals surface area contributed by atoms with E-state index in [4.69, 9.17) is 9.47 Å². The molecule has 1 heterocycles. The smallest absolute Gasteiger partial charge is 0.310 e. The molecule has 0 spiro atoms. The number of benzene rings is 1. The number of piperidine rings is 1. The predicted molar refractivity (Wildman–Crippen MR) is 92.3 cm³/mol. The van der Waals surface area contributed by atoms with E-state index >= 15 is 0 Å². The third kappa shape index (κ3) is 4.08. The summed E-state index contributed by atoms with van der Waals surface area (Å²) in [6.45, 7) is 7.43. The molecule has 1 saturated heterocycles. The van der Waals surface area contributed by atoms with E-state index < -0.39 is 0 Å². The van der Waals surface area contributed by atoms with Gasteiger partial charge in [0.2, 0.25) is 0 Å². The number of methoxy groups -OCH3 is 1. The van der Waals surface area contributed by atoms with Crippen LogP contribution in [0.3, 0.4) is 0 Å². The van der Waals surface area contributed by atoms with Gasteiger partial charge in [-0.05, 0) is 49.4 Å². The first-order valence-corrected chi connectivity index (χ1v) is 8.61. The maximum atomic E-state index is 12.8. The first kappa shape index (κ1) is 18.3. The predicted octanol–water partition coefficient (Wildman–Crippen LogP) is 3.23. The Balaban J connectivity index is 2.16. The van der Waals surface area contributed by atoms with Gasteiger partial charge in [-0.25, -0.2) is 0 Å². The Morgan fingerprint density at radius 1 is 1.33 bits per heavy atom. The van der Waals surface area contributed by atoms with Crippen LogP contribution >= 0.6 is 0 Å². The number of hydrogen-bond acceptors (Lipinski definition) is 4. The molecule has 2 rings (SSSR count). The number of esters is 1. The van der Waals surface area contributed by atoms with E-state index in [9.17, 15) is 9.59 Å². The quantitative estimate of drug-likeness (QED) is 0.776. The summed E-state index contributed by atoms with van der Waals surface area (Å²) in [4.78, 5) is 26.5. The highest BCUT2D eigenvalue weighted by molar-refractivity contribution is 5.95. The van der Waals surface area contributed by atoms with Crippen LogP contribution in [0.15, 0.2) is 18.2 Å². The summed E-state index contributed by atoms with van der Waals surface area (Å²) in [5.74, 6) is 0.609. The molecule has 1 fully saturated rings. The molecule has 1 unspecified atom stereocenters. The van der Waals surface area contributed by atoms with Gasteiger partial charge in [-0.15, -0.1) is 0 Å². The van der Waals surface area contributed by atoms with E-state index in [1.807, 2.05) is 12.1 Å². The van der Waals surface area contributed by atoms with E-state index in [0.717, 1.165) is 24.2 Å². The topological polar surface area (TPSA) is 55.8 Å². The Hall–Kier alpha value is -2.04. The lowest BCUT2D eigenvalue weighted by Gasteiger charge is -2.31. The van der Waals surface area contributed by atoms with Gasteiger partial charge in [0.1, 0.15) is 5.75 Å². The van der Waals surface area contributed by atoms with Crippen molar-refractivity contribution >= 4 is 11.9 Å². The molecule has 5 heteroatoms. The van der Waals surface area contributed by atoms with Gasteiger partial charge in [0.15, 0.2) is 0 Å². The van der Waals surface area contributed by atoms with Gasteiger partial charge in [0.05, 0.1) is 19.6 Å². The van der Waals surface area contributed by atoms with Crippen molar-refractivity contribution in [3.05, 3.63) is 29.3 Å². The summed E-state index contributed by atoms with van der Waals surface area (Å²) in [7, 11) is 1.64. The molecular formula is C19H27NO4. The third-order valence-corrected chi connectivity index (χ3v) is 4.43.